The normalized spacial score (nSPS) is 7.45. The Labute approximate surface area is 63.6 Å². The highest BCUT2D eigenvalue weighted by molar-refractivity contribution is 5.67. The lowest BCUT2D eigenvalue weighted by atomic mass is 10.8. The van der Waals surface area contributed by atoms with Crippen molar-refractivity contribution in [2.75, 3.05) is 13.2 Å². The highest BCUT2D eigenvalue weighted by atomic mass is 16.5. The summed E-state index contributed by atoms with van der Waals surface area (Å²) in [5.74, 6) is -1.19. The molecular weight excluding hydrogens is 154 g/mol. The van der Waals surface area contributed by atoms with Gasteiger partial charge in [-0.05, 0) is 6.92 Å². The molecule has 0 saturated heterocycles. The van der Waals surface area contributed by atoms with E-state index in [1.807, 2.05) is 0 Å². The third kappa shape index (κ3) is 28.5. The average molecular weight is 165 g/mol. The molecule has 0 aliphatic carbocycles. The molecule has 0 aliphatic heterocycles. The second-order valence-electron chi connectivity index (χ2n) is 1.30. The molecule has 0 spiro atoms. The van der Waals surface area contributed by atoms with Gasteiger partial charge in [0.05, 0.1) is 6.61 Å². The summed E-state index contributed by atoms with van der Waals surface area (Å²) in [5.41, 5.74) is 4.54. The fourth-order valence-electron chi connectivity index (χ4n) is 0.142. The second-order valence-corrected chi connectivity index (χ2v) is 1.30. The Morgan fingerprint density at radius 2 is 1.91 bits per heavy atom. The number of ether oxygens (including phenoxy) is 1. The van der Waals surface area contributed by atoms with Gasteiger partial charge in [-0.15, -0.1) is 0 Å². The zero-order valence-corrected chi connectivity index (χ0v) is 6.11. The first-order chi connectivity index (χ1) is 5.04. The molecule has 0 unspecified atom stereocenters. The largest absolute Gasteiger partial charge is 0.480 e. The second kappa shape index (κ2) is 8.70. The van der Waals surface area contributed by atoms with Crippen LogP contribution < -0.4 is 5.73 Å². The number of hydrogen-bond donors (Lipinski definition) is 3. The van der Waals surface area contributed by atoms with Crippen molar-refractivity contribution in [3.63, 3.8) is 0 Å². The predicted octanol–water partition coefficient (Wildman–Crippen LogP) is -0.835. The molecule has 0 atom stereocenters. The summed E-state index contributed by atoms with van der Waals surface area (Å²) in [5, 5.41) is 15.0. The van der Waals surface area contributed by atoms with E-state index in [0.717, 1.165) is 0 Å². The average Bonchev–Trinajstić information content (AvgIpc) is 1.89. The van der Waals surface area contributed by atoms with Crippen LogP contribution in [0.1, 0.15) is 6.92 Å². The van der Waals surface area contributed by atoms with E-state index >= 15 is 0 Å². The molecule has 0 heterocycles. The standard InChI is InChI=1S/C3H7NO2.C2H4O3/c1-2-6-3(4)5;3-1-2(4)5/h2H2,1H3,(H2,4,5);3H,1H2,(H,4,5). The minimum atomic E-state index is -1.19. The van der Waals surface area contributed by atoms with Crippen LogP contribution in [-0.4, -0.2) is 35.5 Å². The maximum Gasteiger partial charge on any atom is 0.404 e. The van der Waals surface area contributed by atoms with Crippen LogP contribution in [0.2, 0.25) is 0 Å². The van der Waals surface area contributed by atoms with E-state index in [0.29, 0.717) is 6.61 Å². The molecule has 0 aliphatic rings. The van der Waals surface area contributed by atoms with Gasteiger partial charge in [0.15, 0.2) is 0 Å². The molecule has 4 N–H and O–H groups in total. The van der Waals surface area contributed by atoms with Crippen molar-refractivity contribution in [3.8, 4) is 0 Å². The number of aliphatic hydroxyl groups is 1. The quantitative estimate of drug-likeness (QED) is 0.494. The first-order valence-electron chi connectivity index (χ1n) is 2.79. The number of primary amides is 1. The molecule has 0 aromatic carbocycles. The van der Waals surface area contributed by atoms with Gasteiger partial charge in [0.2, 0.25) is 0 Å². The Bertz CT molecular complexity index is 124. The van der Waals surface area contributed by atoms with Crippen molar-refractivity contribution in [2.45, 2.75) is 6.92 Å². The summed E-state index contributed by atoms with van der Waals surface area (Å²) < 4.78 is 4.18. The zero-order valence-electron chi connectivity index (χ0n) is 6.11. The molecule has 6 heteroatoms. The van der Waals surface area contributed by atoms with E-state index in [2.05, 4.69) is 10.5 Å². The van der Waals surface area contributed by atoms with Gasteiger partial charge in [-0.1, -0.05) is 0 Å². The number of rotatable bonds is 2. The molecule has 6 nitrogen and oxygen atoms in total. The van der Waals surface area contributed by atoms with Crippen molar-refractivity contribution >= 4 is 12.1 Å². The van der Waals surface area contributed by atoms with E-state index in [-0.39, 0.29) is 0 Å². The molecule has 66 valence electrons. The number of aliphatic hydroxyl groups excluding tert-OH is 1. The van der Waals surface area contributed by atoms with Crippen molar-refractivity contribution in [3.05, 3.63) is 0 Å². The Hall–Kier alpha value is -1.30. The maximum absolute atomic E-state index is 9.60. The SMILES string of the molecule is CCOC(N)=O.O=C(O)CO. The van der Waals surface area contributed by atoms with Crippen molar-refractivity contribution in [1.29, 1.82) is 0 Å². The summed E-state index contributed by atoms with van der Waals surface area (Å²) in [7, 11) is 0. The van der Waals surface area contributed by atoms with Crippen LogP contribution in [-0.2, 0) is 9.53 Å². The van der Waals surface area contributed by atoms with Gasteiger partial charge in [0, 0.05) is 0 Å². The van der Waals surface area contributed by atoms with Crippen LogP contribution in [0.25, 0.3) is 0 Å². The van der Waals surface area contributed by atoms with Crippen LogP contribution in [0, 0.1) is 0 Å². The summed E-state index contributed by atoms with van der Waals surface area (Å²) in [6.45, 7) is 1.28. The highest BCUT2D eigenvalue weighted by Gasteiger charge is 1.83. The molecule has 0 saturated carbocycles. The molecular formula is C5H11NO5. The summed E-state index contributed by atoms with van der Waals surface area (Å²) >= 11 is 0. The van der Waals surface area contributed by atoms with Crippen LogP contribution in [0.5, 0.6) is 0 Å². The van der Waals surface area contributed by atoms with E-state index in [1.54, 1.807) is 6.92 Å². The first kappa shape index (κ1) is 12.4. The van der Waals surface area contributed by atoms with Gasteiger partial charge < -0.3 is 20.7 Å². The lowest BCUT2D eigenvalue weighted by molar-refractivity contribution is -0.140. The molecule has 0 fully saturated rings. The zero-order chi connectivity index (χ0) is 9.28. The molecule has 0 radical (unpaired) electrons. The minimum absolute atomic E-state index is 0.356. The Morgan fingerprint density at radius 1 is 1.55 bits per heavy atom. The Balaban J connectivity index is 0. The summed E-state index contributed by atoms with van der Waals surface area (Å²) in [6.07, 6.45) is -0.711. The monoisotopic (exact) mass is 165 g/mol. The van der Waals surface area contributed by atoms with Crippen LogP contribution in [0.15, 0.2) is 0 Å². The number of carbonyl (C=O) groups is 2. The number of amides is 1. The molecule has 1 amide bonds. The van der Waals surface area contributed by atoms with Gasteiger partial charge in [-0.3, -0.25) is 0 Å². The molecule has 0 rings (SSSR count). The number of nitrogens with two attached hydrogens (primary N) is 1. The number of aliphatic carboxylic acids is 1. The number of carboxylic acids is 1. The Kier molecular flexibility index (Phi) is 9.79. The van der Waals surface area contributed by atoms with Gasteiger partial charge in [0.1, 0.15) is 6.61 Å². The maximum atomic E-state index is 9.60. The lowest BCUT2D eigenvalue weighted by Gasteiger charge is -1.89. The van der Waals surface area contributed by atoms with Crippen molar-refractivity contribution in [2.24, 2.45) is 5.73 Å². The summed E-state index contributed by atoms with van der Waals surface area (Å²) in [6, 6.07) is 0. The van der Waals surface area contributed by atoms with Crippen LogP contribution in [0.3, 0.4) is 0 Å². The number of carbonyl (C=O) groups excluding carboxylic acids is 1. The molecule has 11 heavy (non-hydrogen) atoms. The smallest absolute Gasteiger partial charge is 0.404 e. The third-order valence-electron chi connectivity index (χ3n) is 0.422. The topological polar surface area (TPSA) is 110 Å². The van der Waals surface area contributed by atoms with Gasteiger partial charge >= 0.3 is 12.1 Å². The first-order valence-corrected chi connectivity index (χ1v) is 2.79. The number of hydrogen-bond acceptors (Lipinski definition) is 4. The van der Waals surface area contributed by atoms with E-state index in [4.69, 9.17) is 15.0 Å². The van der Waals surface area contributed by atoms with Crippen LogP contribution in [0.4, 0.5) is 4.79 Å². The van der Waals surface area contributed by atoms with E-state index in [1.165, 1.54) is 0 Å². The number of carboxylic acid groups (broad SMARTS) is 1. The minimum Gasteiger partial charge on any atom is -0.480 e. The highest BCUT2D eigenvalue weighted by Crippen LogP contribution is 1.66. The van der Waals surface area contributed by atoms with Gasteiger partial charge in [-0.2, -0.15) is 0 Å². The van der Waals surface area contributed by atoms with E-state index in [9.17, 15) is 4.79 Å². The molecule has 0 aromatic heterocycles. The molecule has 0 aromatic rings. The van der Waals surface area contributed by atoms with Crippen LogP contribution >= 0.6 is 0 Å². The third-order valence-corrected chi connectivity index (χ3v) is 0.422. The van der Waals surface area contributed by atoms with E-state index < -0.39 is 18.7 Å². The predicted molar refractivity (Wildman–Crippen MR) is 35.9 cm³/mol. The van der Waals surface area contributed by atoms with Crippen molar-refractivity contribution < 1.29 is 24.5 Å². The van der Waals surface area contributed by atoms with Gasteiger partial charge in [-0.25, -0.2) is 9.59 Å². The fourth-order valence-corrected chi connectivity index (χ4v) is 0.142. The van der Waals surface area contributed by atoms with Crippen molar-refractivity contribution in [1.82, 2.24) is 0 Å². The van der Waals surface area contributed by atoms with Gasteiger partial charge in [0.25, 0.3) is 0 Å². The summed E-state index contributed by atoms with van der Waals surface area (Å²) in [4.78, 5) is 18.7. The Morgan fingerprint density at radius 3 is 1.91 bits per heavy atom. The molecule has 0 bridgehead atoms. The fraction of sp³-hybridized carbons (Fsp3) is 0.600. The lowest BCUT2D eigenvalue weighted by Crippen LogP contribution is -2.11.